The number of rotatable bonds is 6. The molecule has 0 bridgehead atoms. The topological polar surface area (TPSA) is 35.9 Å². The molecule has 0 spiro atoms. The highest BCUT2D eigenvalue weighted by atomic mass is 16.5. The monoisotopic (exact) mass is 722 g/mol. The molecule has 0 unspecified atom stereocenters. The lowest BCUT2D eigenvalue weighted by Crippen LogP contribution is -2.30. The SMILES string of the molecule is CC(C)(C)c1ccnc(-n2c3ccccc3c3ccc(Oc4cccc(-n5[c-][n+](-c6ccc(C(C)(C)C)cc6-c6ccccc6)cc5C(C)(C)C)c4)cc32)c1. The molecule has 276 valence electrons. The second-order valence-corrected chi connectivity index (χ2v) is 17.7. The maximum absolute atomic E-state index is 6.68. The zero-order chi connectivity index (χ0) is 38.7. The number of aromatic nitrogens is 4. The molecule has 0 amide bonds. The number of hydrogen-bond acceptors (Lipinski definition) is 2. The van der Waals surface area contributed by atoms with Crippen molar-refractivity contribution in [2.24, 2.45) is 0 Å². The van der Waals surface area contributed by atoms with Crippen molar-refractivity contribution in [1.29, 1.82) is 0 Å². The molecular weight excluding hydrogens is 673 g/mol. The maximum Gasteiger partial charge on any atom is 0.269 e. The molecule has 0 aliphatic heterocycles. The molecule has 0 aliphatic carbocycles. The van der Waals surface area contributed by atoms with E-state index in [2.05, 4.69) is 210 Å². The molecule has 0 fully saturated rings. The van der Waals surface area contributed by atoms with Crippen molar-refractivity contribution < 1.29 is 9.30 Å². The summed E-state index contributed by atoms with van der Waals surface area (Å²) in [5.41, 5.74) is 10.1. The van der Waals surface area contributed by atoms with Crippen LogP contribution in [0, 0.1) is 6.33 Å². The van der Waals surface area contributed by atoms with Gasteiger partial charge >= 0.3 is 0 Å². The van der Waals surface area contributed by atoms with Crippen LogP contribution in [0.1, 0.15) is 79.1 Å². The van der Waals surface area contributed by atoms with Crippen LogP contribution in [0.4, 0.5) is 0 Å². The van der Waals surface area contributed by atoms with Gasteiger partial charge < -0.3 is 4.74 Å². The molecule has 55 heavy (non-hydrogen) atoms. The number of nitrogens with zero attached hydrogens (tertiary/aromatic N) is 4. The van der Waals surface area contributed by atoms with Gasteiger partial charge in [0.15, 0.2) is 0 Å². The Morgan fingerprint density at radius 1 is 0.582 bits per heavy atom. The molecule has 0 saturated carbocycles. The average Bonchev–Trinajstić information content (AvgIpc) is 3.75. The van der Waals surface area contributed by atoms with E-state index in [1.807, 2.05) is 12.3 Å². The van der Waals surface area contributed by atoms with Crippen molar-refractivity contribution in [2.75, 3.05) is 0 Å². The minimum atomic E-state index is -0.159. The molecule has 5 nitrogen and oxygen atoms in total. The Morgan fingerprint density at radius 3 is 2.02 bits per heavy atom. The fourth-order valence-corrected chi connectivity index (χ4v) is 7.37. The highest BCUT2D eigenvalue weighted by molar-refractivity contribution is 6.09. The molecule has 5 aromatic carbocycles. The molecule has 0 aliphatic rings. The first-order valence-electron chi connectivity index (χ1n) is 19.2. The van der Waals surface area contributed by atoms with Crippen molar-refractivity contribution in [3.05, 3.63) is 163 Å². The summed E-state index contributed by atoms with van der Waals surface area (Å²) < 4.78 is 13.3. The van der Waals surface area contributed by atoms with E-state index >= 15 is 0 Å². The Morgan fingerprint density at radius 2 is 1.27 bits per heavy atom. The van der Waals surface area contributed by atoms with Crippen LogP contribution in [-0.4, -0.2) is 14.1 Å². The molecule has 8 rings (SSSR count). The first-order valence-corrected chi connectivity index (χ1v) is 19.2. The largest absolute Gasteiger partial charge is 0.458 e. The third-order valence-electron chi connectivity index (χ3n) is 10.5. The van der Waals surface area contributed by atoms with E-state index in [4.69, 9.17) is 9.72 Å². The Balaban J connectivity index is 1.20. The summed E-state index contributed by atoms with van der Waals surface area (Å²) in [6.45, 7) is 20.2. The standard InChI is InChI=1S/C50H50N4O/c1-48(2,3)35-22-25-43(42(28-35)34-16-11-10-12-17-34)52-32-46(50(7,8)9)53(33-52)37-18-15-19-38(30-37)55-39-23-24-41-40-20-13-14-21-44(40)54(45(41)31-39)47-29-36(26-27-51-47)49(4,5)6/h10-32H,1-9H3. The van der Waals surface area contributed by atoms with E-state index in [-0.39, 0.29) is 16.2 Å². The number of fused-ring (bicyclic) bond motifs is 3. The van der Waals surface area contributed by atoms with Gasteiger partial charge in [-0.05, 0) is 93.1 Å². The van der Waals surface area contributed by atoms with E-state index < -0.39 is 0 Å². The Labute approximate surface area is 325 Å². The predicted molar refractivity (Wildman–Crippen MR) is 226 cm³/mol. The first kappa shape index (κ1) is 36.1. The summed E-state index contributed by atoms with van der Waals surface area (Å²) in [5, 5.41) is 2.34. The van der Waals surface area contributed by atoms with Crippen LogP contribution in [-0.2, 0) is 16.2 Å². The van der Waals surface area contributed by atoms with Gasteiger partial charge in [0.05, 0.1) is 28.1 Å². The Kier molecular flexibility index (Phi) is 8.80. The van der Waals surface area contributed by atoms with Gasteiger partial charge in [0.25, 0.3) is 6.33 Å². The van der Waals surface area contributed by atoms with E-state index in [9.17, 15) is 0 Å². The third kappa shape index (κ3) is 6.96. The van der Waals surface area contributed by atoms with Crippen molar-refractivity contribution in [3.63, 3.8) is 0 Å². The maximum atomic E-state index is 6.68. The van der Waals surface area contributed by atoms with Gasteiger partial charge in [0, 0.05) is 29.2 Å². The summed E-state index contributed by atoms with van der Waals surface area (Å²) in [6, 6.07) is 45.0. The molecule has 0 radical (unpaired) electrons. The lowest BCUT2D eigenvalue weighted by Gasteiger charge is -2.22. The van der Waals surface area contributed by atoms with Gasteiger partial charge in [0.2, 0.25) is 0 Å². The molecule has 3 aromatic heterocycles. The lowest BCUT2D eigenvalue weighted by molar-refractivity contribution is -0.599. The first-order chi connectivity index (χ1) is 26.1. The van der Waals surface area contributed by atoms with E-state index in [0.717, 1.165) is 50.8 Å². The number of hydrogen-bond donors (Lipinski definition) is 0. The Hall–Kier alpha value is -5.94. The second kappa shape index (κ2) is 13.4. The zero-order valence-corrected chi connectivity index (χ0v) is 33.5. The van der Waals surface area contributed by atoms with Gasteiger partial charge in [-0.1, -0.05) is 129 Å². The fraction of sp³-hybridized carbons (Fsp3) is 0.240. The summed E-state index contributed by atoms with van der Waals surface area (Å²) in [6.07, 6.45) is 7.87. The van der Waals surface area contributed by atoms with Crippen molar-refractivity contribution in [1.82, 2.24) is 14.1 Å². The van der Waals surface area contributed by atoms with Crippen LogP contribution in [0.2, 0.25) is 0 Å². The van der Waals surface area contributed by atoms with Crippen LogP contribution in [0.15, 0.2) is 140 Å². The molecule has 0 saturated heterocycles. The summed E-state index contributed by atoms with van der Waals surface area (Å²) in [5.74, 6) is 2.41. The van der Waals surface area contributed by atoms with Gasteiger partial charge in [-0.15, -0.1) is 0 Å². The van der Waals surface area contributed by atoms with Gasteiger partial charge in [-0.2, -0.15) is 0 Å². The van der Waals surface area contributed by atoms with Crippen LogP contribution in [0.25, 0.3) is 50.1 Å². The second-order valence-electron chi connectivity index (χ2n) is 17.7. The minimum Gasteiger partial charge on any atom is -0.458 e. The summed E-state index contributed by atoms with van der Waals surface area (Å²) in [7, 11) is 0. The summed E-state index contributed by atoms with van der Waals surface area (Å²) in [4.78, 5) is 4.86. The van der Waals surface area contributed by atoms with E-state index in [1.165, 1.54) is 27.6 Å². The lowest BCUT2D eigenvalue weighted by atomic mass is 9.85. The Bertz CT molecular complexity index is 2680. The molecule has 8 aromatic rings. The molecule has 3 heterocycles. The molecule has 5 heteroatoms. The van der Waals surface area contributed by atoms with E-state index in [0.29, 0.717) is 0 Å². The highest BCUT2D eigenvalue weighted by Gasteiger charge is 2.25. The van der Waals surface area contributed by atoms with E-state index in [1.54, 1.807) is 0 Å². The summed E-state index contributed by atoms with van der Waals surface area (Å²) >= 11 is 0. The number of para-hydroxylation sites is 1. The van der Waals surface area contributed by atoms with Gasteiger partial charge in [0.1, 0.15) is 17.3 Å². The third-order valence-corrected chi connectivity index (χ3v) is 10.5. The van der Waals surface area contributed by atoms with Crippen molar-refractivity contribution >= 4 is 21.8 Å². The predicted octanol–water partition coefficient (Wildman–Crippen LogP) is 12.4. The minimum absolute atomic E-state index is 0.0000776. The van der Waals surface area contributed by atoms with Crippen LogP contribution < -0.4 is 9.30 Å². The van der Waals surface area contributed by atoms with Gasteiger partial charge in [-0.25, -0.2) is 4.98 Å². The fourth-order valence-electron chi connectivity index (χ4n) is 7.37. The van der Waals surface area contributed by atoms with Crippen LogP contribution in [0.5, 0.6) is 11.5 Å². The average molecular weight is 723 g/mol. The van der Waals surface area contributed by atoms with Gasteiger partial charge in [-0.3, -0.25) is 13.7 Å². The van der Waals surface area contributed by atoms with Crippen molar-refractivity contribution in [3.8, 4) is 39.8 Å². The zero-order valence-electron chi connectivity index (χ0n) is 33.5. The molecule has 0 atom stereocenters. The normalized spacial score (nSPS) is 12.5. The number of benzene rings is 5. The number of pyridine rings is 1. The molecule has 0 N–H and O–H groups in total. The van der Waals surface area contributed by atoms with Crippen molar-refractivity contribution in [2.45, 2.75) is 78.6 Å². The highest BCUT2D eigenvalue weighted by Crippen LogP contribution is 2.37. The quantitative estimate of drug-likeness (QED) is 0.127. The number of ether oxygens (including phenoxy) is 1. The molecular formula is C50H50N4O. The van der Waals surface area contributed by atoms with Crippen LogP contribution in [0.3, 0.4) is 0 Å². The number of imidazole rings is 1. The van der Waals surface area contributed by atoms with Crippen LogP contribution >= 0.6 is 0 Å². The smallest absolute Gasteiger partial charge is 0.269 e.